The molecule has 2 N–H and O–H groups in total. The summed E-state index contributed by atoms with van der Waals surface area (Å²) in [5, 5.41) is 11.0. The van der Waals surface area contributed by atoms with E-state index >= 15 is 0 Å². The first-order valence-corrected chi connectivity index (χ1v) is 9.10. The summed E-state index contributed by atoms with van der Waals surface area (Å²) >= 11 is 11.7. The summed E-state index contributed by atoms with van der Waals surface area (Å²) in [5.41, 5.74) is 4.73. The van der Waals surface area contributed by atoms with Crippen LogP contribution in [0.1, 0.15) is 0 Å². The average molecular weight is 406 g/mol. The molecule has 8 nitrogen and oxygen atoms in total. The van der Waals surface area contributed by atoms with Crippen molar-refractivity contribution in [3.05, 3.63) is 57.6 Å². The Balaban J connectivity index is 2.50. The number of hydrogen-bond donors (Lipinski definition) is 1. The van der Waals surface area contributed by atoms with Crippen LogP contribution in [0.25, 0.3) is 0 Å². The Morgan fingerprint density at radius 1 is 1.24 bits per heavy atom. The molecule has 0 saturated heterocycles. The minimum absolute atomic E-state index is 0.0724. The van der Waals surface area contributed by atoms with E-state index in [1.54, 1.807) is 18.2 Å². The molecule has 2 aromatic carbocycles. The smallest absolute Gasteiger partial charge is 0.393 e. The molecule has 11 heteroatoms. The molecule has 2 rings (SSSR count). The zero-order valence-corrected chi connectivity index (χ0v) is 15.0. The molecule has 0 bridgehead atoms. The lowest BCUT2D eigenvalue weighted by molar-refractivity contribution is -0.383. The summed E-state index contributed by atoms with van der Waals surface area (Å²) in [7, 11) is -4.37. The van der Waals surface area contributed by atoms with Crippen molar-refractivity contribution in [2.45, 2.75) is 0 Å². The fourth-order valence-corrected chi connectivity index (χ4v) is 3.73. The van der Waals surface area contributed by atoms with Gasteiger partial charge in [0.15, 0.2) is 0 Å². The molecule has 0 atom stereocenters. The van der Waals surface area contributed by atoms with Crippen molar-refractivity contribution in [1.82, 2.24) is 0 Å². The quantitative estimate of drug-likeness (QED) is 0.327. The van der Waals surface area contributed by atoms with Crippen LogP contribution >= 0.6 is 23.2 Å². The number of halogens is 2. The van der Waals surface area contributed by atoms with Gasteiger partial charge in [0.1, 0.15) is 11.4 Å². The Morgan fingerprint density at radius 3 is 2.44 bits per heavy atom. The largest absolute Gasteiger partial charge is 0.410 e. The molecule has 25 heavy (non-hydrogen) atoms. The number of nitro benzene ring substituents is 1. The first-order chi connectivity index (χ1) is 11.8. The lowest BCUT2D eigenvalue weighted by Gasteiger charge is -2.23. The SMILES string of the molecule is Nc1cc(Cl)c(N(CCCl)S(=O)(=O)Oc2ccccc2)cc1[N+](=O)[O-]. The van der Waals surface area contributed by atoms with E-state index in [0.717, 1.165) is 16.4 Å². The maximum Gasteiger partial charge on any atom is 0.410 e. The lowest BCUT2D eigenvalue weighted by atomic mass is 10.2. The number of nitrogens with two attached hydrogens (primary N) is 1. The van der Waals surface area contributed by atoms with Crippen molar-refractivity contribution in [3.63, 3.8) is 0 Å². The number of alkyl halides is 1. The summed E-state index contributed by atoms with van der Waals surface area (Å²) in [6.45, 7) is -0.211. The van der Waals surface area contributed by atoms with Gasteiger partial charge in [-0.1, -0.05) is 29.8 Å². The van der Waals surface area contributed by atoms with Gasteiger partial charge in [0.2, 0.25) is 0 Å². The van der Waals surface area contributed by atoms with Crippen LogP contribution < -0.4 is 14.2 Å². The minimum atomic E-state index is -4.37. The second-order valence-electron chi connectivity index (χ2n) is 4.73. The molecule has 0 heterocycles. The van der Waals surface area contributed by atoms with Crippen molar-refractivity contribution >= 4 is 50.6 Å². The number of nitrogens with zero attached hydrogens (tertiary/aromatic N) is 2. The Kier molecular flexibility index (Phi) is 5.93. The van der Waals surface area contributed by atoms with E-state index in [1.807, 2.05) is 0 Å². The molecule has 0 spiro atoms. The van der Waals surface area contributed by atoms with Crippen LogP contribution in [0.2, 0.25) is 5.02 Å². The van der Waals surface area contributed by atoms with E-state index in [4.69, 9.17) is 33.1 Å². The van der Waals surface area contributed by atoms with E-state index in [-0.39, 0.29) is 34.6 Å². The molecule has 134 valence electrons. The van der Waals surface area contributed by atoms with Gasteiger partial charge in [0.05, 0.1) is 22.2 Å². The number of para-hydroxylation sites is 1. The minimum Gasteiger partial charge on any atom is -0.393 e. The lowest BCUT2D eigenvalue weighted by Crippen LogP contribution is -2.36. The van der Waals surface area contributed by atoms with Crippen LogP contribution in [0, 0.1) is 10.1 Å². The second kappa shape index (κ2) is 7.77. The van der Waals surface area contributed by atoms with Crippen molar-refractivity contribution < 1.29 is 17.5 Å². The van der Waals surface area contributed by atoms with Crippen LogP contribution in [0.4, 0.5) is 17.1 Å². The maximum absolute atomic E-state index is 12.6. The van der Waals surface area contributed by atoms with Gasteiger partial charge in [-0.05, 0) is 18.2 Å². The number of nitrogen functional groups attached to an aromatic ring is 1. The molecule has 0 aliphatic carbocycles. The normalized spacial score (nSPS) is 11.1. The number of nitro groups is 1. The topological polar surface area (TPSA) is 116 Å². The van der Waals surface area contributed by atoms with Gasteiger partial charge in [-0.3, -0.25) is 10.1 Å². The number of hydrogen-bond acceptors (Lipinski definition) is 6. The summed E-state index contributed by atoms with van der Waals surface area (Å²) in [6.07, 6.45) is 0. The third-order valence-corrected chi connectivity index (χ3v) is 4.86. The number of benzene rings is 2. The molecule has 0 saturated carbocycles. The van der Waals surface area contributed by atoms with Crippen LogP contribution in [0.3, 0.4) is 0 Å². The Hall–Kier alpha value is -2.23. The third-order valence-electron chi connectivity index (χ3n) is 3.06. The van der Waals surface area contributed by atoms with Gasteiger partial charge in [0.25, 0.3) is 5.69 Å². The van der Waals surface area contributed by atoms with Crippen LogP contribution in [-0.2, 0) is 10.3 Å². The van der Waals surface area contributed by atoms with Crippen molar-refractivity contribution in [3.8, 4) is 5.75 Å². The Morgan fingerprint density at radius 2 is 1.88 bits per heavy atom. The van der Waals surface area contributed by atoms with Crippen LogP contribution in [-0.4, -0.2) is 25.8 Å². The Labute approximate surface area is 154 Å². The van der Waals surface area contributed by atoms with E-state index in [0.29, 0.717) is 0 Å². The molecular weight excluding hydrogens is 393 g/mol. The maximum atomic E-state index is 12.6. The molecular formula is C14H13Cl2N3O5S. The van der Waals surface area contributed by atoms with Gasteiger partial charge in [0, 0.05) is 11.9 Å². The zero-order chi connectivity index (χ0) is 18.6. The van der Waals surface area contributed by atoms with E-state index in [9.17, 15) is 18.5 Å². The predicted molar refractivity (Wildman–Crippen MR) is 96.6 cm³/mol. The fourth-order valence-electron chi connectivity index (χ4n) is 1.99. The number of rotatable bonds is 7. The van der Waals surface area contributed by atoms with Gasteiger partial charge in [-0.2, -0.15) is 8.42 Å². The molecule has 0 aromatic heterocycles. The van der Waals surface area contributed by atoms with Crippen LogP contribution in [0.5, 0.6) is 5.75 Å². The van der Waals surface area contributed by atoms with Gasteiger partial charge < -0.3 is 9.92 Å². The van der Waals surface area contributed by atoms with E-state index in [2.05, 4.69) is 0 Å². The molecule has 0 radical (unpaired) electrons. The fraction of sp³-hybridized carbons (Fsp3) is 0.143. The Bertz CT molecular complexity index is 878. The predicted octanol–water partition coefficient (Wildman–Crippen LogP) is 3.20. The summed E-state index contributed by atoms with van der Waals surface area (Å²) < 4.78 is 31.0. The van der Waals surface area contributed by atoms with Crippen molar-refractivity contribution in [1.29, 1.82) is 0 Å². The van der Waals surface area contributed by atoms with Gasteiger partial charge in [-0.15, -0.1) is 11.6 Å². The highest BCUT2D eigenvalue weighted by molar-refractivity contribution is 7.88. The molecule has 0 aliphatic heterocycles. The molecule has 2 aromatic rings. The van der Waals surface area contributed by atoms with Gasteiger partial charge in [-0.25, -0.2) is 4.31 Å². The zero-order valence-electron chi connectivity index (χ0n) is 12.6. The molecule has 0 amide bonds. The molecule has 0 unspecified atom stereocenters. The highest BCUT2D eigenvalue weighted by atomic mass is 35.5. The molecule has 0 aliphatic rings. The average Bonchev–Trinajstić information content (AvgIpc) is 2.53. The van der Waals surface area contributed by atoms with Crippen molar-refractivity contribution in [2.24, 2.45) is 0 Å². The monoisotopic (exact) mass is 405 g/mol. The summed E-state index contributed by atoms with van der Waals surface area (Å²) in [5.74, 6) is -0.0190. The highest BCUT2D eigenvalue weighted by Crippen LogP contribution is 2.36. The third kappa shape index (κ3) is 4.44. The first-order valence-electron chi connectivity index (χ1n) is 6.83. The summed E-state index contributed by atoms with van der Waals surface area (Å²) in [4.78, 5) is 10.3. The van der Waals surface area contributed by atoms with Crippen LogP contribution in [0.15, 0.2) is 42.5 Å². The van der Waals surface area contributed by atoms with E-state index in [1.165, 1.54) is 12.1 Å². The number of anilines is 2. The van der Waals surface area contributed by atoms with Gasteiger partial charge >= 0.3 is 10.3 Å². The summed E-state index contributed by atoms with van der Waals surface area (Å²) in [6, 6.07) is 9.85. The second-order valence-corrected chi connectivity index (χ2v) is 6.98. The highest BCUT2D eigenvalue weighted by Gasteiger charge is 2.29. The van der Waals surface area contributed by atoms with Crippen molar-refractivity contribution in [2.75, 3.05) is 22.5 Å². The van der Waals surface area contributed by atoms with E-state index < -0.39 is 20.9 Å². The first kappa shape index (κ1) is 19.1. The standard InChI is InChI=1S/C14H13Cl2N3O5S/c15-6-7-18(25(22,23)24-10-4-2-1-3-5-10)13-9-14(19(20)21)12(17)8-11(13)16/h1-5,8-9H,6-7,17H2. The molecule has 0 fully saturated rings.